The number of hydrogen-bond acceptors (Lipinski definition) is 2. The highest BCUT2D eigenvalue weighted by molar-refractivity contribution is 9.10. The normalized spacial score (nSPS) is 10.4. The van der Waals surface area contributed by atoms with E-state index >= 15 is 0 Å². The zero-order chi connectivity index (χ0) is 16.1. The molecule has 0 spiro atoms. The fourth-order valence-electron chi connectivity index (χ4n) is 1.79. The molecule has 1 amide bonds. The van der Waals surface area contributed by atoms with Crippen molar-refractivity contribution in [2.24, 2.45) is 0 Å². The van der Waals surface area contributed by atoms with Crippen molar-refractivity contribution in [2.75, 3.05) is 13.7 Å². The number of halogens is 3. The summed E-state index contributed by atoms with van der Waals surface area (Å²) in [4.78, 5) is 13.5. The number of ether oxygens (including phenoxy) is 1. The summed E-state index contributed by atoms with van der Waals surface area (Å²) in [5.41, 5.74) is 0.820. The third kappa shape index (κ3) is 4.53. The Morgan fingerprint density at radius 3 is 2.41 bits per heavy atom. The average Bonchev–Trinajstić information content (AvgIpc) is 2.48. The molecule has 0 radical (unpaired) electrons. The van der Waals surface area contributed by atoms with Gasteiger partial charge in [0, 0.05) is 13.6 Å². The minimum Gasteiger partial charge on any atom is -0.483 e. The molecule has 0 fully saturated rings. The first-order valence-corrected chi connectivity index (χ1v) is 7.31. The van der Waals surface area contributed by atoms with Crippen molar-refractivity contribution < 1.29 is 18.3 Å². The summed E-state index contributed by atoms with van der Waals surface area (Å²) in [5, 5.41) is 0. The number of benzene rings is 2. The van der Waals surface area contributed by atoms with Crippen LogP contribution in [0.15, 0.2) is 46.9 Å². The molecule has 0 saturated carbocycles. The molecule has 0 aromatic heterocycles. The molecule has 0 atom stereocenters. The van der Waals surface area contributed by atoms with E-state index in [1.165, 1.54) is 35.2 Å². The van der Waals surface area contributed by atoms with E-state index < -0.39 is 0 Å². The van der Waals surface area contributed by atoms with Crippen LogP contribution in [0.25, 0.3) is 0 Å². The highest BCUT2D eigenvalue weighted by Crippen LogP contribution is 2.25. The second kappa shape index (κ2) is 7.35. The molecule has 2 rings (SSSR count). The molecule has 0 heterocycles. The minimum absolute atomic E-state index is 0.165. The quantitative estimate of drug-likeness (QED) is 0.802. The van der Waals surface area contributed by atoms with Crippen molar-refractivity contribution in [1.29, 1.82) is 0 Å². The van der Waals surface area contributed by atoms with Gasteiger partial charge in [-0.1, -0.05) is 12.1 Å². The van der Waals surface area contributed by atoms with E-state index in [4.69, 9.17) is 4.74 Å². The zero-order valence-corrected chi connectivity index (χ0v) is 13.4. The van der Waals surface area contributed by atoms with Crippen LogP contribution in [0.5, 0.6) is 5.75 Å². The fourth-order valence-corrected chi connectivity index (χ4v) is 2.26. The van der Waals surface area contributed by atoms with Gasteiger partial charge in [-0.2, -0.15) is 0 Å². The molecule has 3 nitrogen and oxygen atoms in total. The summed E-state index contributed by atoms with van der Waals surface area (Å²) in [5.74, 6) is -0.549. The van der Waals surface area contributed by atoms with Crippen LogP contribution in [0.3, 0.4) is 0 Å². The van der Waals surface area contributed by atoms with Crippen molar-refractivity contribution in [2.45, 2.75) is 6.54 Å². The van der Waals surface area contributed by atoms with E-state index in [1.807, 2.05) is 0 Å². The van der Waals surface area contributed by atoms with Gasteiger partial charge < -0.3 is 9.64 Å². The van der Waals surface area contributed by atoms with Crippen LogP contribution < -0.4 is 4.74 Å². The lowest BCUT2D eigenvalue weighted by Gasteiger charge is -2.18. The maximum atomic E-state index is 13.0. The van der Waals surface area contributed by atoms with E-state index in [0.29, 0.717) is 16.8 Å². The first-order valence-electron chi connectivity index (χ1n) is 6.52. The Labute approximate surface area is 135 Å². The highest BCUT2D eigenvalue weighted by Gasteiger charge is 2.11. The Hall–Kier alpha value is -1.95. The SMILES string of the molecule is CN(Cc1ccc(F)cc1)C(=O)COc1ccc(F)cc1Br. The molecule has 0 saturated heterocycles. The Morgan fingerprint density at radius 1 is 1.14 bits per heavy atom. The standard InChI is InChI=1S/C16H14BrF2NO2/c1-20(9-11-2-4-12(18)5-3-11)16(21)10-22-15-7-6-13(19)8-14(15)17/h2-8H,9-10H2,1H3. The average molecular weight is 370 g/mol. The van der Waals surface area contributed by atoms with Crippen LogP contribution >= 0.6 is 15.9 Å². The topological polar surface area (TPSA) is 29.5 Å². The van der Waals surface area contributed by atoms with Crippen molar-refractivity contribution in [3.05, 3.63) is 64.1 Å². The van der Waals surface area contributed by atoms with Gasteiger partial charge in [-0.3, -0.25) is 4.79 Å². The van der Waals surface area contributed by atoms with Gasteiger partial charge in [0.25, 0.3) is 5.91 Å². The Balaban J connectivity index is 1.89. The lowest BCUT2D eigenvalue weighted by Crippen LogP contribution is -2.31. The van der Waals surface area contributed by atoms with Gasteiger partial charge in [0.15, 0.2) is 6.61 Å². The molecule has 22 heavy (non-hydrogen) atoms. The molecule has 0 aliphatic heterocycles. The lowest BCUT2D eigenvalue weighted by molar-refractivity contribution is -0.132. The number of likely N-dealkylation sites (N-methyl/N-ethyl adjacent to an activating group) is 1. The van der Waals surface area contributed by atoms with Crippen molar-refractivity contribution >= 4 is 21.8 Å². The molecule has 0 unspecified atom stereocenters. The van der Waals surface area contributed by atoms with Gasteiger partial charge in [0.2, 0.25) is 0 Å². The molecular weight excluding hydrogens is 356 g/mol. The molecule has 0 N–H and O–H groups in total. The predicted molar refractivity (Wildman–Crippen MR) is 82.5 cm³/mol. The molecule has 2 aromatic carbocycles. The first-order chi connectivity index (χ1) is 10.5. The monoisotopic (exact) mass is 369 g/mol. The Bertz CT molecular complexity index is 662. The van der Waals surface area contributed by atoms with Crippen LogP contribution in [0, 0.1) is 11.6 Å². The predicted octanol–water partition coefficient (Wildman–Crippen LogP) is 3.76. The number of amides is 1. The van der Waals surface area contributed by atoms with E-state index in [9.17, 15) is 13.6 Å². The van der Waals surface area contributed by atoms with E-state index in [-0.39, 0.29) is 24.1 Å². The number of rotatable bonds is 5. The van der Waals surface area contributed by atoms with Gasteiger partial charge in [0.05, 0.1) is 4.47 Å². The number of carbonyl (C=O) groups excluding carboxylic acids is 1. The second-order valence-electron chi connectivity index (χ2n) is 4.74. The first kappa shape index (κ1) is 16.4. The molecule has 0 aliphatic carbocycles. The molecular formula is C16H14BrF2NO2. The summed E-state index contributed by atoms with van der Waals surface area (Å²) >= 11 is 3.17. The Morgan fingerprint density at radius 2 is 1.77 bits per heavy atom. The number of hydrogen-bond donors (Lipinski definition) is 0. The van der Waals surface area contributed by atoms with E-state index in [2.05, 4.69) is 15.9 Å². The molecule has 6 heteroatoms. The van der Waals surface area contributed by atoms with Crippen LogP contribution in [0.1, 0.15) is 5.56 Å². The largest absolute Gasteiger partial charge is 0.483 e. The van der Waals surface area contributed by atoms with Crippen LogP contribution in [-0.2, 0) is 11.3 Å². The molecule has 0 aliphatic rings. The third-order valence-corrected chi connectivity index (χ3v) is 3.62. The highest BCUT2D eigenvalue weighted by atomic mass is 79.9. The second-order valence-corrected chi connectivity index (χ2v) is 5.59. The third-order valence-electron chi connectivity index (χ3n) is 3.00. The van der Waals surface area contributed by atoms with Crippen molar-refractivity contribution in [3.63, 3.8) is 0 Å². The number of nitrogens with zero attached hydrogens (tertiary/aromatic N) is 1. The Kier molecular flexibility index (Phi) is 5.49. The number of carbonyl (C=O) groups is 1. The van der Waals surface area contributed by atoms with Gasteiger partial charge in [-0.05, 0) is 51.8 Å². The molecule has 0 bridgehead atoms. The zero-order valence-electron chi connectivity index (χ0n) is 11.9. The van der Waals surface area contributed by atoms with E-state index in [0.717, 1.165) is 5.56 Å². The summed E-state index contributed by atoms with van der Waals surface area (Å²) < 4.78 is 31.6. The molecule has 116 valence electrons. The van der Waals surface area contributed by atoms with Gasteiger partial charge >= 0.3 is 0 Å². The van der Waals surface area contributed by atoms with Gasteiger partial charge in [-0.15, -0.1) is 0 Å². The van der Waals surface area contributed by atoms with Crippen molar-refractivity contribution in [1.82, 2.24) is 4.90 Å². The fraction of sp³-hybridized carbons (Fsp3) is 0.188. The minimum atomic E-state index is -0.390. The summed E-state index contributed by atoms with van der Waals surface area (Å²) in [7, 11) is 1.63. The van der Waals surface area contributed by atoms with Crippen molar-refractivity contribution in [3.8, 4) is 5.75 Å². The van der Waals surface area contributed by atoms with Gasteiger partial charge in [0.1, 0.15) is 17.4 Å². The van der Waals surface area contributed by atoms with E-state index in [1.54, 1.807) is 19.2 Å². The summed E-state index contributed by atoms with van der Waals surface area (Å²) in [6.07, 6.45) is 0. The molecule has 2 aromatic rings. The maximum absolute atomic E-state index is 13.0. The van der Waals surface area contributed by atoms with Crippen LogP contribution in [-0.4, -0.2) is 24.5 Å². The lowest BCUT2D eigenvalue weighted by atomic mass is 10.2. The summed E-state index contributed by atoms with van der Waals surface area (Å²) in [6, 6.07) is 9.91. The maximum Gasteiger partial charge on any atom is 0.260 e. The van der Waals surface area contributed by atoms with Gasteiger partial charge in [-0.25, -0.2) is 8.78 Å². The smallest absolute Gasteiger partial charge is 0.260 e. The summed E-state index contributed by atoms with van der Waals surface area (Å²) in [6.45, 7) is 0.189. The van der Waals surface area contributed by atoms with Crippen LogP contribution in [0.4, 0.5) is 8.78 Å². The van der Waals surface area contributed by atoms with Crippen LogP contribution in [0.2, 0.25) is 0 Å².